The monoisotopic (exact) mass is 296 g/mol. The molecule has 0 fully saturated rings. The summed E-state index contributed by atoms with van der Waals surface area (Å²) in [6.45, 7) is 6.03. The summed E-state index contributed by atoms with van der Waals surface area (Å²) in [6.07, 6.45) is 1.24. The fourth-order valence-electron chi connectivity index (χ4n) is 2.38. The molecular weight excluding hydrogens is 276 g/mol. The number of rotatable bonds is 4. The molecule has 0 saturated heterocycles. The van der Waals surface area contributed by atoms with Crippen molar-refractivity contribution in [2.75, 3.05) is 7.11 Å². The van der Waals surface area contributed by atoms with Crippen molar-refractivity contribution in [1.29, 1.82) is 0 Å². The first-order valence-electron chi connectivity index (χ1n) is 7.09. The Bertz CT molecular complexity index is 742. The molecule has 2 rings (SSSR count). The SMILES string of the molecule is COc1ccc(C)cc1/C(=C/C(=O)O)c1ccc(C)c(C)c1. The molecule has 0 unspecified atom stereocenters. The summed E-state index contributed by atoms with van der Waals surface area (Å²) in [5.41, 5.74) is 5.66. The summed E-state index contributed by atoms with van der Waals surface area (Å²) in [5.74, 6) is -0.312. The number of hydrogen-bond donors (Lipinski definition) is 1. The number of benzene rings is 2. The number of carboxylic acids is 1. The molecule has 3 nitrogen and oxygen atoms in total. The van der Waals surface area contributed by atoms with Gasteiger partial charge in [-0.25, -0.2) is 4.79 Å². The van der Waals surface area contributed by atoms with Crippen molar-refractivity contribution in [1.82, 2.24) is 0 Å². The highest BCUT2D eigenvalue weighted by molar-refractivity contribution is 5.96. The third-order valence-electron chi connectivity index (χ3n) is 3.73. The molecule has 0 saturated carbocycles. The van der Waals surface area contributed by atoms with Crippen molar-refractivity contribution >= 4 is 11.5 Å². The Morgan fingerprint density at radius 3 is 2.36 bits per heavy atom. The van der Waals surface area contributed by atoms with Crippen LogP contribution in [0.25, 0.3) is 5.57 Å². The van der Waals surface area contributed by atoms with Crippen LogP contribution in [-0.4, -0.2) is 18.2 Å². The lowest BCUT2D eigenvalue weighted by Crippen LogP contribution is -1.99. The van der Waals surface area contributed by atoms with E-state index in [0.717, 1.165) is 22.3 Å². The fourth-order valence-corrected chi connectivity index (χ4v) is 2.38. The highest BCUT2D eigenvalue weighted by atomic mass is 16.5. The topological polar surface area (TPSA) is 46.5 Å². The summed E-state index contributed by atoms with van der Waals surface area (Å²) >= 11 is 0. The average molecular weight is 296 g/mol. The van der Waals surface area contributed by atoms with E-state index < -0.39 is 5.97 Å². The van der Waals surface area contributed by atoms with E-state index in [1.807, 2.05) is 57.2 Å². The Morgan fingerprint density at radius 2 is 1.77 bits per heavy atom. The zero-order chi connectivity index (χ0) is 16.3. The van der Waals surface area contributed by atoms with Crippen LogP contribution in [0.4, 0.5) is 0 Å². The lowest BCUT2D eigenvalue weighted by atomic mass is 9.93. The number of carbonyl (C=O) groups is 1. The third-order valence-corrected chi connectivity index (χ3v) is 3.73. The van der Waals surface area contributed by atoms with E-state index in [1.54, 1.807) is 7.11 Å². The van der Waals surface area contributed by atoms with Gasteiger partial charge in [-0.2, -0.15) is 0 Å². The number of hydrogen-bond acceptors (Lipinski definition) is 2. The largest absolute Gasteiger partial charge is 0.496 e. The molecule has 0 aliphatic carbocycles. The van der Waals surface area contributed by atoms with Gasteiger partial charge in [0.2, 0.25) is 0 Å². The summed E-state index contributed by atoms with van der Waals surface area (Å²) in [5, 5.41) is 9.25. The van der Waals surface area contributed by atoms with Crippen molar-refractivity contribution in [2.45, 2.75) is 20.8 Å². The van der Waals surface area contributed by atoms with E-state index in [1.165, 1.54) is 11.6 Å². The molecule has 0 aromatic heterocycles. The maximum Gasteiger partial charge on any atom is 0.328 e. The minimum Gasteiger partial charge on any atom is -0.496 e. The maximum atomic E-state index is 11.3. The predicted molar refractivity (Wildman–Crippen MR) is 88.4 cm³/mol. The standard InChI is InChI=1S/C19H20O3/c1-12-5-8-18(22-4)17(9-12)16(11-19(20)21)15-7-6-13(2)14(3)10-15/h5-11H,1-4H3,(H,20,21)/b16-11+. The Morgan fingerprint density at radius 1 is 1.05 bits per heavy atom. The highest BCUT2D eigenvalue weighted by Gasteiger charge is 2.13. The first-order chi connectivity index (χ1) is 10.4. The molecule has 0 amide bonds. The van der Waals surface area contributed by atoms with Crippen LogP contribution in [-0.2, 0) is 4.79 Å². The summed E-state index contributed by atoms with van der Waals surface area (Å²) in [4.78, 5) is 11.3. The normalized spacial score (nSPS) is 11.4. The van der Waals surface area contributed by atoms with Gasteiger partial charge in [0.05, 0.1) is 7.11 Å². The third kappa shape index (κ3) is 3.37. The molecule has 0 atom stereocenters. The molecule has 0 heterocycles. The van der Waals surface area contributed by atoms with Gasteiger partial charge in [0.15, 0.2) is 0 Å². The van der Waals surface area contributed by atoms with Crippen molar-refractivity contribution in [3.8, 4) is 5.75 Å². The Hall–Kier alpha value is -2.55. The Balaban J connectivity index is 2.69. The van der Waals surface area contributed by atoms with Gasteiger partial charge in [-0.15, -0.1) is 0 Å². The second-order valence-electron chi connectivity index (χ2n) is 5.40. The van der Waals surface area contributed by atoms with Crippen molar-refractivity contribution in [3.05, 3.63) is 70.3 Å². The fraction of sp³-hybridized carbons (Fsp3) is 0.211. The number of aliphatic carboxylic acids is 1. The molecule has 0 spiro atoms. The number of methoxy groups -OCH3 is 1. The van der Waals surface area contributed by atoms with Crippen LogP contribution in [0, 0.1) is 20.8 Å². The van der Waals surface area contributed by atoms with Crippen LogP contribution in [0.5, 0.6) is 5.75 Å². The molecule has 2 aromatic carbocycles. The van der Waals surface area contributed by atoms with Crippen molar-refractivity contribution in [2.24, 2.45) is 0 Å². The van der Waals surface area contributed by atoms with E-state index in [9.17, 15) is 9.90 Å². The Kier molecular flexibility index (Phi) is 4.66. The smallest absolute Gasteiger partial charge is 0.328 e. The lowest BCUT2D eigenvalue weighted by Gasteiger charge is -2.14. The first-order valence-corrected chi connectivity index (χ1v) is 7.09. The number of aryl methyl sites for hydroxylation is 3. The summed E-state index contributed by atoms with van der Waals surface area (Å²) in [7, 11) is 1.59. The van der Waals surface area contributed by atoms with Gasteiger partial charge >= 0.3 is 5.97 Å². The molecule has 114 valence electrons. The van der Waals surface area contributed by atoms with Gasteiger partial charge < -0.3 is 9.84 Å². The summed E-state index contributed by atoms with van der Waals surface area (Å²) < 4.78 is 5.40. The zero-order valence-corrected chi connectivity index (χ0v) is 13.3. The Labute approximate surface area is 130 Å². The average Bonchev–Trinajstić information content (AvgIpc) is 2.47. The second-order valence-corrected chi connectivity index (χ2v) is 5.40. The van der Waals surface area contributed by atoms with E-state index in [4.69, 9.17) is 4.74 Å². The van der Waals surface area contributed by atoms with Gasteiger partial charge in [-0.1, -0.05) is 29.8 Å². The van der Waals surface area contributed by atoms with Crippen LogP contribution in [0.15, 0.2) is 42.5 Å². The maximum absolute atomic E-state index is 11.3. The summed E-state index contributed by atoms with van der Waals surface area (Å²) in [6, 6.07) is 11.7. The number of ether oxygens (including phenoxy) is 1. The highest BCUT2D eigenvalue weighted by Crippen LogP contribution is 2.32. The predicted octanol–water partition coefficient (Wildman–Crippen LogP) is 4.14. The minimum absolute atomic E-state index is 0.649. The van der Waals surface area contributed by atoms with Gasteiger partial charge in [0.1, 0.15) is 5.75 Å². The quantitative estimate of drug-likeness (QED) is 0.863. The molecule has 0 radical (unpaired) electrons. The molecule has 22 heavy (non-hydrogen) atoms. The van der Waals surface area contributed by atoms with Crippen molar-refractivity contribution < 1.29 is 14.6 Å². The van der Waals surface area contributed by atoms with Gasteiger partial charge in [0.25, 0.3) is 0 Å². The van der Waals surface area contributed by atoms with E-state index in [-0.39, 0.29) is 0 Å². The van der Waals surface area contributed by atoms with Gasteiger partial charge in [0, 0.05) is 11.6 Å². The molecule has 1 N–H and O–H groups in total. The van der Waals surface area contributed by atoms with Gasteiger partial charge in [-0.05, 0) is 55.2 Å². The van der Waals surface area contributed by atoms with E-state index in [2.05, 4.69) is 0 Å². The van der Waals surface area contributed by atoms with Crippen LogP contribution in [0.3, 0.4) is 0 Å². The number of carboxylic acid groups (broad SMARTS) is 1. The van der Waals surface area contributed by atoms with E-state index >= 15 is 0 Å². The lowest BCUT2D eigenvalue weighted by molar-refractivity contribution is -0.131. The minimum atomic E-state index is -0.975. The second kappa shape index (κ2) is 6.48. The van der Waals surface area contributed by atoms with Gasteiger partial charge in [-0.3, -0.25) is 0 Å². The van der Waals surface area contributed by atoms with Crippen LogP contribution >= 0.6 is 0 Å². The van der Waals surface area contributed by atoms with Crippen LogP contribution in [0.1, 0.15) is 27.8 Å². The van der Waals surface area contributed by atoms with Crippen molar-refractivity contribution in [3.63, 3.8) is 0 Å². The first kappa shape index (κ1) is 15.8. The van der Waals surface area contributed by atoms with Crippen LogP contribution in [0.2, 0.25) is 0 Å². The molecule has 0 bridgehead atoms. The molecular formula is C19H20O3. The molecule has 0 aliphatic heterocycles. The zero-order valence-electron chi connectivity index (χ0n) is 13.3. The molecule has 0 aliphatic rings. The molecule has 3 heteroatoms. The van der Waals surface area contributed by atoms with E-state index in [0.29, 0.717) is 11.3 Å². The van der Waals surface area contributed by atoms with Crippen LogP contribution < -0.4 is 4.74 Å². The molecule has 2 aromatic rings.